The number of carbonyl (C=O) groups is 1. The first kappa shape index (κ1) is 19.7. The van der Waals surface area contributed by atoms with Gasteiger partial charge in [-0.05, 0) is 44.3 Å². The molecule has 1 aliphatic heterocycles. The molecule has 28 heavy (non-hydrogen) atoms. The highest BCUT2D eigenvalue weighted by Gasteiger charge is 2.28. The van der Waals surface area contributed by atoms with Gasteiger partial charge in [0.2, 0.25) is 5.43 Å². The number of hydrogen-bond donors (Lipinski definition) is 2. The first-order chi connectivity index (χ1) is 13.3. The van der Waals surface area contributed by atoms with Crippen molar-refractivity contribution in [3.63, 3.8) is 0 Å². The van der Waals surface area contributed by atoms with Crippen molar-refractivity contribution >= 4 is 11.6 Å². The summed E-state index contributed by atoms with van der Waals surface area (Å²) in [5, 5.41) is 21.6. The number of rotatable bonds is 5. The van der Waals surface area contributed by atoms with Crippen molar-refractivity contribution < 1.29 is 9.72 Å². The maximum Gasteiger partial charge on any atom is 0.294 e. The van der Waals surface area contributed by atoms with E-state index in [0.717, 1.165) is 25.9 Å². The third kappa shape index (κ3) is 4.09. The van der Waals surface area contributed by atoms with Gasteiger partial charge in [-0.15, -0.1) is 0 Å². The van der Waals surface area contributed by atoms with Gasteiger partial charge in [0.25, 0.3) is 11.6 Å². The predicted molar refractivity (Wildman–Crippen MR) is 104 cm³/mol. The molecule has 0 unspecified atom stereocenters. The molecule has 0 spiro atoms. The number of nitro groups is 1. The van der Waals surface area contributed by atoms with Crippen molar-refractivity contribution in [1.82, 2.24) is 20.4 Å². The van der Waals surface area contributed by atoms with E-state index in [2.05, 4.69) is 22.7 Å². The minimum Gasteiger partial charge on any atom is -0.350 e. The number of nitro benzene ring substituents is 1. The van der Waals surface area contributed by atoms with Crippen molar-refractivity contribution in [2.24, 2.45) is 5.41 Å². The van der Waals surface area contributed by atoms with Crippen LogP contribution in [0.25, 0.3) is 5.69 Å². The Morgan fingerprint density at radius 1 is 1.36 bits per heavy atom. The highest BCUT2D eigenvalue weighted by Crippen LogP contribution is 2.26. The van der Waals surface area contributed by atoms with E-state index in [-0.39, 0.29) is 22.5 Å². The van der Waals surface area contributed by atoms with Gasteiger partial charge in [0.1, 0.15) is 5.69 Å². The topological polar surface area (TPSA) is 119 Å². The molecule has 0 bridgehead atoms. The fraction of sp³-hybridized carbons (Fsp3) is 0.421. The van der Waals surface area contributed by atoms with Crippen LogP contribution in [0.1, 0.15) is 35.9 Å². The summed E-state index contributed by atoms with van der Waals surface area (Å²) >= 11 is 0. The van der Waals surface area contributed by atoms with Crippen LogP contribution in [0.15, 0.2) is 35.1 Å². The largest absolute Gasteiger partial charge is 0.350 e. The van der Waals surface area contributed by atoms with Crippen molar-refractivity contribution in [1.29, 1.82) is 0 Å². The van der Waals surface area contributed by atoms with Crippen LogP contribution >= 0.6 is 0 Å². The molecule has 1 amide bonds. The van der Waals surface area contributed by atoms with Gasteiger partial charge in [-0.3, -0.25) is 19.7 Å². The molecule has 148 valence electrons. The van der Waals surface area contributed by atoms with Crippen molar-refractivity contribution in [2.75, 3.05) is 19.6 Å². The zero-order valence-electron chi connectivity index (χ0n) is 15.9. The maximum absolute atomic E-state index is 12.6. The quantitative estimate of drug-likeness (QED) is 0.596. The normalized spacial score (nSPS) is 15.8. The molecule has 0 atom stereocenters. The molecule has 2 aromatic rings. The molecule has 3 rings (SSSR count). The molecular weight excluding hydrogens is 362 g/mol. The highest BCUT2D eigenvalue weighted by atomic mass is 16.6. The molecule has 1 saturated heterocycles. The number of amides is 1. The average Bonchev–Trinajstić information content (AvgIpc) is 2.67. The van der Waals surface area contributed by atoms with Crippen molar-refractivity contribution in [3.8, 4) is 5.69 Å². The fourth-order valence-corrected chi connectivity index (χ4v) is 3.33. The average molecular weight is 385 g/mol. The fourth-order valence-electron chi connectivity index (χ4n) is 3.33. The Kier molecular flexibility index (Phi) is 5.55. The van der Waals surface area contributed by atoms with Crippen molar-refractivity contribution in [3.05, 3.63) is 62.1 Å². The lowest BCUT2D eigenvalue weighted by Gasteiger charge is -2.34. The number of hydrogen-bond acceptors (Lipinski definition) is 6. The molecule has 9 heteroatoms. The monoisotopic (exact) mass is 385 g/mol. The smallest absolute Gasteiger partial charge is 0.294 e. The second kappa shape index (κ2) is 7.89. The molecule has 1 aromatic carbocycles. The number of nitrogens with zero attached hydrogens (tertiary/aromatic N) is 3. The van der Waals surface area contributed by atoms with E-state index in [0.29, 0.717) is 12.2 Å². The highest BCUT2D eigenvalue weighted by molar-refractivity contribution is 5.92. The molecule has 1 aliphatic rings. The lowest BCUT2D eigenvalue weighted by molar-refractivity contribution is -0.384. The van der Waals surface area contributed by atoms with E-state index in [1.807, 2.05) is 0 Å². The second-order valence-electron chi connectivity index (χ2n) is 7.40. The standard InChI is InChI=1S/C19H23N5O4/c1-13-11-16(25)17(18(26)21-12-19(2)7-9-20-10-8-19)22-23(13)14-5-3-4-6-15(14)24(27)28/h3-6,11,20H,7-10,12H2,1-2H3,(H,21,26). The summed E-state index contributed by atoms with van der Waals surface area (Å²) in [5.74, 6) is -0.572. The lowest BCUT2D eigenvalue weighted by Crippen LogP contribution is -2.44. The molecule has 0 aliphatic carbocycles. The minimum absolute atomic E-state index is 0.0388. The Morgan fingerprint density at radius 3 is 2.71 bits per heavy atom. The van der Waals surface area contributed by atoms with Gasteiger partial charge in [-0.25, -0.2) is 4.68 Å². The van der Waals surface area contributed by atoms with E-state index in [4.69, 9.17) is 0 Å². The number of aromatic nitrogens is 2. The van der Waals surface area contributed by atoms with E-state index in [1.54, 1.807) is 19.1 Å². The van der Waals surface area contributed by atoms with Gasteiger partial charge in [0.15, 0.2) is 5.69 Å². The van der Waals surface area contributed by atoms with Crippen LogP contribution in [0, 0.1) is 22.5 Å². The predicted octanol–water partition coefficient (Wildman–Crippen LogP) is 1.57. The van der Waals surface area contributed by atoms with E-state index in [9.17, 15) is 19.7 Å². The summed E-state index contributed by atoms with van der Waals surface area (Å²) in [6, 6.07) is 7.34. The Morgan fingerprint density at radius 2 is 2.04 bits per heavy atom. The zero-order chi connectivity index (χ0) is 20.3. The Bertz CT molecular complexity index is 963. The third-order valence-electron chi connectivity index (χ3n) is 5.12. The molecule has 1 aromatic heterocycles. The molecule has 1 fully saturated rings. The SMILES string of the molecule is Cc1cc(=O)c(C(=O)NCC2(C)CCNCC2)nn1-c1ccccc1[N+](=O)[O-]. The first-order valence-electron chi connectivity index (χ1n) is 9.14. The van der Waals surface area contributed by atoms with Gasteiger partial charge in [0.05, 0.1) is 4.92 Å². The molecule has 0 radical (unpaired) electrons. The van der Waals surface area contributed by atoms with Crippen LogP contribution in [0.5, 0.6) is 0 Å². The van der Waals surface area contributed by atoms with Gasteiger partial charge >= 0.3 is 0 Å². The summed E-state index contributed by atoms with van der Waals surface area (Å²) in [7, 11) is 0. The third-order valence-corrected chi connectivity index (χ3v) is 5.12. The van der Waals surface area contributed by atoms with Crippen molar-refractivity contribution in [2.45, 2.75) is 26.7 Å². The summed E-state index contributed by atoms with van der Waals surface area (Å²) in [5.41, 5.74) is -0.384. The number of nitrogens with one attached hydrogen (secondary N) is 2. The Balaban J connectivity index is 1.91. The number of carbonyl (C=O) groups excluding carboxylic acids is 1. The van der Waals surface area contributed by atoms with Crippen LogP contribution in [-0.4, -0.2) is 40.2 Å². The summed E-state index contributed by atoms with van der Waals surface area (Å²) in [4.78, 5) is 35.8. The number of para-hydroxylation sites is 2. The zero-order valence-corrected chi connectivity index (χ0v) is 15.9. The first-order valence-corrected chi connectivity index (χ1v) is 9.14. The molecule has 2 heterocycles. The van der Waals surface area contributed by atoms with E-state index in [1.165, 1.54) is 22.9 Å². The van der Waals surface area contributed by atoms with Crippen LogP contribution in [0.2, 0.25) is 0 Å². The lowest BCUT2D eigenvalue weighted by atomic mass is 9.81. The summed E-state index contributed by atoms with van der Waals surface area (Å²) < 4.78 is 1.26. The van der Waals surface area contributed by atoms with Gasteiger partial charge in [0, 0.05) is 24.4 Å². The van der Waals surface area contributed by atoms with Crippen LogP contribution in [-0.2, 0) is 0 Å². The number of aryl methyl sites for hydroxylation is 1. The van der Waals surface area contributed by atoms with Gasteiger partial charge in [-0.2, -0.15) is 5.10 Å². The summed E-state index contributed by atoms with van der Waals surface area (Å²) in [6.07, 6.45) is 1.85. The second-order valence-corrected chi connectivity index (χ2v) is 7.40. The van der Waals surface area contributed by atoms with E-state index >= 15 is 0 Å². The van der Waals surface area contributed by atoms with Crippen LogP contribution in [0.4, 0.5) is 5.69 Å². The number of piperidine rings is 1. The molecule has 9 nitrogen and oxygen atoms in total. The van der Waals surface area contributed by atoms with Gasteiger partial charge < -0.3 is 10.6 Å². The van der Waals surface area contributed by atoms with Gasteiger partial charge in [-0.1, -0.05) is 19.1 Å². The molecule has 0 saturated carbocycles. The van der Waals surface area contributed by atoms with Crippen LogP contribution in [0.3, 0.4) is 0 Å². The van der Waals surface area contributed by atoms with Crippen LogP contribution < -0.4 is 16.1 Å². The van der Waals surface area contributed by atoms with E-state index < -0.39 is 16.3 Å². The Labute approximate surface area is 161 Å². The maximum atomic E-state index is 12.6. The molecule has 2 N–H and O–H groups in total. The summed E-state index contributed by atoms with van der Waals surface area (Å²) in [6.45, 7) is 5.93. The Hall–Kier alpha value is -3.07. The molecular formula is C19H23N5O4. The number of benzene rings is 1. The minimum atomic E-state index is -0.572.